The summed E-state index contributed by atoms with van der Waals surface area (Å²) in [5, 5.41) is 56.8. The molecule has 3 rings (SSSR count). The lowest BCUT2D eigenvalue weighted by Gasteiger charge is -2.29. The molecular weight excluding hydrogens is 551 g/mol. The van der Waals surface area contributed by atoms with Gasteiger partial charge in [0.25, 0.3) is 0 Å². The van der Waals surface area contributed by atoms with Gasteiger partial charge in [-0.3, -0.25) is 0 Å². The van der Waals surface area contributed by atoms with Gasteiger partial charge in [-0.05, 0) is 54.6 Å². The van der Waals surface area contributed by atoms with Gasteiger partial charge < -0.3 is 0 Å². The number of nitrogens with two attached hydrogens (primary N) is 3. The summed E-state index contributed by atoms with van der Waals surface area (Å²) in [7, 11) is -5.15. The number of hydrogen-bond acceptors (Lipinski definition) is 16. The standard InChI is InChI=1S/C24H15N12O4P/c25-10-16-1-4-22(19(7-16)13-28)34(31)38-41(37,39-35(32)23-5-2-17(11-26)8-20(23)14-29)40-36(33)24-6-3-18(12-27)9-21(24)15-30/h1-9H,31-33H2. The summed E-state index contributed by atoms with van der Waals surface area (Å²) < 4.78 is 29.6. The Balaban J connectivity index is 2.04. The monoisotopic (exact) mass is 566 g/mol. The molecule has 0 saturated heterocycles. The Morgan fingerprint density at radius 3 is 1.00 bits per heavy atom. The van der Waals surface area contributed by atoms with Gasteiger partial charge in [0.2, 0.25) is 0 Å². The largest absolute Gasteiger partial charge is 0.543 e. The van der Waals surface area contributed by atoms with Crippen molar-refractivity contribution < 1.29 is 18.4 Å². The topological polar surface area (TPSA) is 275 Å². The lowest BCUT2D eigenvalue weighted by atomic mass is 10.1. The molecule has 200 valence electrons. The highest BCUT2D eigenvalue weighted by atomic mass is 31.2. The van der Waals surface area contributed by atoms with E-state index in [2.05, 4.69) is 0 Å². The van der Waals surface area contributed by atoms with Gasteiger partial charge in [0, 0.05) is 0 Å². The quantitative estimate of drug-likeness (QED) is 0.190. The zero-order valence-corrected chi connectivity index (χ0v) is 21.4. The van der Waals surface area contributed by atoms with Gasteiger partial charge in [0.05, 0.1) is 51.6 Å². The van der Waals surface area contributed by atoms with E-state index in [-0.39, 0.29) is 50.4 Å². The van der Waals surface area contributed by atoms with Crippen molar-refractivity contribution in [2.75, 3.05) is 15.5 Å². The Bertz CT molecular complexity index is 1600. The molecule has 0 spiro atoms. The number of anilines is 3. The average Bonchev–Trinajstić information content (AvgIpc) is 2.99. The molecule has 0 amide bonds. The molecule has 0 saturated carbocycles. The number of nitriles is 6. The third kappa shape index (κ3) is 6.71. The molecule has 6 N–H and O–H groups in total. The molecule has 0 unspecified atom stereocenters. The molecule has 0 aromatic heterocycles. The molecule has 0 aliphatic heterocycles. The van der Waals surface area contributed by atoms with Crippen LogP contribution in [0.3, 0.4) is 0 Å². The van der Waals surface area contributed by atoms with Crippen LogP contribution in [0.4, 0.5) is 17.1 Å². The zero-order chi connectivity index (χ0) is 30.2. The van der Waals surface area contributed by atoms with Gasteiger partial charge in [0.15, 0.2) is 0 Å². The highest BCUT2D eigenvalue weighted by Gasteiger charge is 2.38. The first-order chi connectivity index (χ1) is 19.6. The highest BCUT2D eigenvalue weighted by molar-refractivity contribution is 7.48. The van der Waals surface area contributed by atoms with Crippen LogP contribution in [0.5, 0.6) is 0 Å². The average molecular weight is 566 g/mol. The summed E-state index contributed by atoms with van der Waals surface area (Å²) in [6.45, 7) is 0. The predicted octanol–water partition coefficient (Wildman–Crippen LogP) is 2.26. The fraction of sp³-hybridized carbons (Fsp3) is 0. The van der Waals surface area contributed by atoms with E-state index in [0.717, 1.165) is 0 Å². The van der Waals surface area contributed by atoms with Crippen molar-refractivity contribution in [2.45, 2.75) is 0 Å². The van der Waals surface area contributed by atoms with Gasteiger partial charge >= 0.3 is 7.82 Å². The molecule has 0 aliphatic carbocycles. The van der Waals surface area contributed by atoms with Crippen LogP contribution in [0.25, 0.3) is 0 Å². The summed E-state index contributed by atoms with van der Waals surface area (Å²) >= 11 is 0. The summed E-state index contributed by atoms with van der Waals surface area (Å²) in [5.74, 6) is 17.7. The van der Waals surface area contributed by atoms with Crippen molar-refractivity contribution in [3.8, 4) is 36.4 Å². The molecule has 0 radical (unpaired) electrons. The number of hydrazine groups is 3. The van der Waals surface area contributed by atoms with Crippen molar-refractivity contribution in [3.63, 3.8) is 0 Å². The van der Waals surface area contributed by atoms with Gasteiger partial charge in [-0.1, -0.05) is 0 Å². The number of rotatable bonds is 9. The van der Waals surface area contributed by atoms with Crippen LogP contribution in [0, 0.1) is 68.0 Å². The molecule has 3 aromatic rings. The maximum absolute atomic E-state index is 13.9. The van der Waals surface area contributed by atoms with E-state index < -0.39 is 7.82 Å². The molecule has 16 nitrogen and oxygen atoms in total. The Morgan fingerprint density at radius 1 is 0.512 bits per heavy atom. The minimum absolute atomic E-state index is 0.116. The molecule has 0 bridgehead atoms. The molecule has 0 heterocycles. The lowest BCUT2D eigenvalue weighted by Crippen LogP contribution is -2.39. The van der Waals surface area contributed by atoms with Crippen molar-refractivity contribution in [1.29, 1.82) is 31.6 Å². The lowest BCUT2D eigenvalue weighted by molar-refractivity contribution is 0.0859. The highest BCUT2D eigenvalue weighted by Crippen LogP contribution is 2.52. The van der Waals surface area contributed by atoms with Gasteiger partial charge in [-0.15, -0.1) is 13.9 Å². The Labute approximate surface area is 232 Å². The number of hydrogen-bond donors (Lipinski definition) is 3. The second-order valence-electron chi connectivity index (χ2n) is 7.54. The van der Waals surface area contributed by atoms with Crippen molar-refractivity contribution in [1.82, 2.24) is 0 Å². The molecule has 0 fully saturated rings. The molecule has 41 heavy (non-hydrogen) atoms. The van der Waals surface area contributed by atoms with E-state index in [0.29, 0.717) is 15.5 Å². The van der Waals surface area contributed by atoms with Gasteiger partial charge in [-0.25, -0.2) is 22.1 Å². The number of benzene rings is 3. The summed E-state index contributed by atoms with van der Waals surface area (Å²) in [6.07, 6.45) is 0. The third-order valence-corrected chi connectivity index (χ3v) is 6.14. The van der Waals surface area contributed by atoms with Crippen LogP contribution >= 0.6 is 7.82 Å². The molecule has 0 atom stereocenters. The Morgan fingerprint density at radius 2 is 0.780 bits per heavy atom. The van der Waals surface area contributed by atoms with E-state index in [4.69, 9.17) is 47.2 Å². The van der Waals surface area contributed by atoms with Crippen molar-refractivity contribution >= 4 is 24.9 Å². The first kappa shape index (κ1) is 29.5. The summed E-state index contributed by atoms with van der Waals surface area (Å²) in [4.78, 5) is 0. The van der Waals surface area contributed by atoms with Crippen LogP contribution in [0.15, 0.2) is 54.6 Å². The minimum Gasteiger partial charge on any atom is -0.222 e. The zero-order valence-electron chi connectivity index (χ0n) is 20.5. The van der Waals surface area contributed by atoms with Gasteiger partial charge in [0.1, 0.15) is 35.3 Å². The third-order valence-electron chi connectivity index (χ3n) is 5.01. The van der Waals surface area contributed by atoms with Crippen molar-refractivity contribution in [3.05, 3.63) is 88.0 Å². The van der Waals surface area contributed by atoms with Gasteiger partial charge in [-0.2, -0.15) is 47.1 Å². The van der Waals surface area contributed by atoms with Crippen LogP contribution in [0.1, 0.15) is 33.4 Å². The fourth-order valence-electron chi connectivity index (χ4n) is 3.16. The second-order valence-corrected chi connectivity index (χ2v) is 8.92. The first-order valence-electron chi connectivity index (χ1n) is 10.8. The van der Waals surface area contributed by atoms with Crippen LogP contribution < -0.4 is 33.0 Å². The second kappa shape index (κ2) is 12.7. The molecule has 0 aliphatic rings. The maximum Gasteiger partial charge on any atom is 0.543 e. The smallest absolute Gasteiger partial charge is 0.222 e. The van der Waals surface area contributed by atoms with E-state index in [1.165, 1.54) is 54.6 Å². The summed E-state index contributed by atoms with van der Waals surface area (Å²) in [5.41, 5.74) is -0.684. The number of nitrogens with zero attached hydrogens (tertiary/aromatic N) is 9. The molecule has 3 aromatic carbocycles. The van der Waals surface area contributed by atoms with Crippen LogP contribution in [-0.2, 0) is 18.4 Å². The van der Waals surface area contributed by atoms with E-state index >= 15 is 0 Å². The SMILES string of the molecule is N#Cc1ccc(N(N)OP(=O)(ON(N)c2ccc(C#N)cc2C#N)ON(N)c2ccc(C#N)cc2C#N)c(C#N)c1. The number of phosphoric acid groups is 1. The van der Waals surface area contributed by atoms with Crippen molar-refractivity contribution in [2.24, 2.45) is 17.5 Å². The Hall–Kier alpha value is -6.01. The normalized spacial score (nSPS) is 10.1. The van der Waals surface area contributed by atoms with Crippen LogP contribution in [0.2, 0.25) is 0 Å². The maximum atomic E-state index is 13.9. The van der Waals surface area contributed by atoms with E-state index in [1.54, 1.807) is 18.2 Å². The van der Waals surface area contributed by atoms with Crippen LogP contribution in [-0.4, -0.2) is 0 Å². The summed E-state index contributed by atoms with van der Waals surface area (Å²) in [6, 6.07) is 22.0. The first-order valence-corrected chi connectivity index (χ1v) is 12.2. The predicted molar refractivity (Wildman–Crippen MR) is 138 cm³/mol. The molecule has 17 heteroatoms. The minimum atomic E-state index is -5.15. The molecular formula is C24H15N12O4P. The van der Waals surface area contributed by atoms with E-state index in [9.17, 15) is 20.4 Å². The Kier molecular flexibility index (Phi) is 9.14. The van der Waals surface area contributed by atoms with E-state index in [1.807, 2.05) is 18.2 Å². The fourth-order valence-corrected chi connectivity index (χ4v) is 4.16.